The molecule has 2 aromatic carbocycles. The Morgan fingerprint density at radius 3 is 1.96 bits per heavy atom. The minimum atomic E-state index is -0.687. The van der Waals surface area contributed by atoms with Crippen LogP contribution in [-0.2, 0) is 9.59 Å². The first-order chi connectivity index (χ1) is 11.4. The second-order valence-corrected chi connectivity index (χ2v) is 6.48. The zero-order valence-corrected chi connectivity index (χ0v) is 14.9. The normalized spacial score (nSPS) is 12.5. The van der Waals surface area contributed by atoms with Crippen LogP contribution in [0.2, 0.25) is 5.02 Å². The highest BCUT2D eigenvalue weighted by atomic mass is 35.5. The maximum Gasteiger partial charge on any atom is 0.141 e. The lowest BCUT2D eigenvalue weighted by atomic mass is 9.81. The van der Waals surface area contributed by atoms with E-state index in [-0.39, 0.29) is 17.5 Å². The second kappa shape index (κ2) is 8.07. The molecule has 2 nitrogen and oxygen atoms in total. The van der Waals surface area contributed by atoms with Gasteiger partial charge in [0.1, 0.15) is 11.6 Å². The summed E-state index contributed by atoms with van der Waals surface area (Å²) >= 11 is 5.96. The number of allylic oxidation sites excluding steroid dienone is 1. The van der Waals surface area contributed by atoms with E-state index in [1.54, 1.807) is 12.1 Å². The summed E-state index contributed by atoms with van der Waals surface area (Å²) in [6.07, 6.45) is 3.89. The molecule has 0 aliphatic heterocycles. The van der Waals surface area contributed by atoms with Gasteiger partial charge in [-0.15, -0.1) is 0 Å². The summed E-state index contributed by atoms with van der Waals surface area (Å²) in [5, 5.41) is 0.627. The number of Topliss-reactive ketones (excluding diaryl/α,β-unsaturated/α-hetero) is 2. The molecule has 0 fully saturated rings. The van der Waals surface area contributed by atoms with E-state index in [2.05, 4.69) is 0 Å². The van der Waals surface area contributed by atoms with Crippen LogP contribution in [0.25, 0.3) is 6.08 Å². The van der Waals surface area contributed by atoms with Crippen molar-refractivity contribution in [3.63, 3.8) is 0 Å². The van der Waals surface area contributed by atoms with Crippen LogP contribution in [0, 0.1) is 12.8 Å². The predicted molar refractivity (Wildman–Crippen MR) is 99.3 cm³/mol. The van der Waals surface area contributed by atoms with Gasteiger partial charge < -0.3 is 0 Å². The molecule has 1 unspecified atom stereocenters. The van der Waals surface area contributed by atoms with Crippen LogP contribution in [0.3, 0.4) is 0 Å². The lowest BCUT2D eigenvalue weighted by Gasteiger charge is -2.21. The van der Waals surface area contributed by atoms with Crippen LogP contribution in [0.1, 0.15) is 36.5 Å². The van der Waals surface area contributed by atoms with Crippen molar-refractivity contribution < 1.29 is 9.59 Å². The Morgan fingerprint density at radius 1 is 0.917 bits per heavy atom. The van der Waals surface area contributed by atoms with E-state index in [1.165, 1.54) is 19.4 Å². The number of rotatable bonds is 6. The highest BCUT2D eigenvalue weighted by molar-refractivity contribution is 6.30. The van der Waals surface area contributed by atoms with Crippen molar-refractivity contribution in [2.75, 3.05) is 0 Å². The van der Waals surface area contributed by atoms with Crippen LogP contribution in [0.15, 0.2) is 54.6 Å². The minimum absolute atomic E-state index is 0.129. The van der Waals surface area contributed by atoms with E-state index in [1.807, 2.05) is 55.5 Å². The lowest BCUT2D eigenvalue weighted by Crippen LogP contribution is -2.26. The minimum Gasteiger partial charge on any atom is -0.299 e. The number of halogens is 1. The van der Waals surface area contributed by atoms with E-state index in [0.717, 1.165) is 11.1 Å². The Morgan fingerprint density at radius 2 is 1.46 bits per heavy atom. The van der Waals surface area contributed by atoms with Gasteiger partial charge in [-0.1, -0.05) is 65.7 Å². The van der Waals surface area contributed by atoms with E-state index in [9.17, 15) is 9.59 Å². The quantitative estimate of drug-likeness (QED) is 0.674. The van der Waals surface area contributed by atoms with Gasteiger partial charge in [-0.25, -0.2) is 0 Å². The van der Waals surface area contributed by atoms with Gasteiger partial charge in [-0.3, -0.25) is 9.59 Å². The summed E-state index contributed by atoms with van der Waals surface area (Å²) in [5.41, 5.74) is 3.12. The molecule has 0 bridgehead atoms. The van der Waals surface area contributed by atoms with Crippen molar-refractivity contribution in [1.82, 2.24) is 0 Å². The Kier molecular flexibility index (Phi) is 6.10. The van der Waals surface area contributed by atoms with Crippen molar-refractivity contribution in [3.05, 3.63) is 76.3 Å². The van der Waals surface area contributed by atoms with Crippen LogP contribution >= 0.6 is 11.6 Å². The van der Waals surface area contributed by atoms with Crippen molar-refractivity contribution in [2.24, 2.45) is 5.92 Å². The topological polar surface area (TPSA) is 34.1 Å². The summed E-state index contributed by atoms with van der Waals surface area (Å²) in [4.78, 5) is 24.1. The molecular weight excluding hydrogens is 320 g/mol. The third-order valence-electron chi connectivity index (χ3n) is 4.06. The van der Waals surface area contributed by atoms with Gasteiger partial charge in [-0.05, 0) is 44.0 Å². The fraction of sp³-hybridized carbons (Fsp3) is 0.238. The molecule has 0 amide bonds. The Labute approximate surface area is 148 Å². The third kappa shape index (κ3) is 4.65. The zero-order valence-electron chi connectivity index (χ0n) is 14.1. The summed E-state index contributed by atoms with van der Waals surface area (Å²) in [6, 6.07) is 15.4. The molecule has 0 aromatic heterocycles. The van der Waals surface area contributed by atoms with Crippen molar-refractivity contribution in [3.8, 4) is 0 Å². The van der Waals surface area contributed by atoms with Crippen LogP contribution in [0.5, 0.6) is 0 Å². The number of aryl methyl sites for hydroxylation is 1. The second-order valence-electron chi connectivity index (χ2n) is 6.05. The average Bonchev–Trinajstić information content (AvgIpc) is 2.53. The SMILES string of the molecule is CC(=O)C(C(C)=O)C(/C=C/c1ccc(C)cc1)c1ccc(Cl)cc1. The first kappa shape index (κ1) is 18.2. The third-order valence-corrected chi connectivity index (χ3v) is 4.32. The number of carbonyl (C=O) groups excluding carboxylic acids is 2. The molecule has 0 heterocycles. The molecule has 0 N–H and O–H groups in total. The molecule has 0 aliphatic carbocycles. The van der Waals surface area contributed by atoms with Crippen LogP contribution in [-0.4, -0.2) is 11.6 Å². The molecule has 3 heteroatoms. The van der Waals surface area contributed by atoms with E-state index in [0.29, 0.717) is 5.02 Å². The fourth-order valence-electron chi connectivity index (χ4n) is 2.78. The summed E-state index contributed by atoms with van der Waals surface area (Å²) in [7, 11) is 0. The molecular formula is C21H21ClO2. The first-order valence-electron chi connectivity index (χ1n) is 7.89. The number of hydrogen-bond donors (Lipinski definition) is 0. The number of carbonyl (C=O) groups is 2. The van der Waals surface area contributed by atoms with Crippen molar-refractivity contribution in [1.29, 1.82) is 0 Å². The van der Waals surface area contributed by atoms with E-state index < -0.39 is 5.92 Å². The summed E-state index contributed by atoms with van der Waals surface area (Å²) < 4.78 is 0. The molecule has 124 valence electrons. The Bertz CT molecular complexity index is 728. The van der Waals surface area contributed by atoms with Gasteiger partial charge >= 0.3 is 0 Å². The molecule has 2 aromatic rings. The number of ketones is 2. The molecule has 24 heavy (non-hydrogen) atoms. The molecule has 0 spiro atoms. The number of hydrogen-bond acceptors (Lipinski definition) is 2. The van der Waals surface area contributed by atoms with Crippen LogP contribution in [0.4, 0.5) is 0 Å². The molecule has 0 radical (unpaired) electrons. The smallest absolute Gasteiger partial charge is 0.141 e. The lowest BCUT2D eigenvalue weighted by molar-refractivity contribution is -0.130. The molecule has 0 saturated heterocycles. The van der Waals surface area contributed by atoms with Crippen molar-refractivity contribution >= 4 is 29.2 Å². The first-order valence-corrected chi connectivity index (χ1v) is 8.27. The van der Waals surface area contributed by atoms with Gasteiger partial charge in [0.2, 0.25) is 0 Å². The van der Waals surface area contributed by atoms with Gasteiger partial charge in [0.25, 0.3) is 0 Å². The molecule has 0 aliphatic rings. The molecule has 2 rings (SSSR count). The largest absolute Gasteiger partial charge is 0.299 e. The summed E-state index contributed by atoms with van der Waals surface area (Å²) in [6.45, 7) is 4.97. The van der Waals surface area contributed by atoms with E-state index >= 15 is 0 Å². The highest BCUT2D eigenvalue weighted by Crippen LogP contribution is 2.30. The highest BCUT2D eigenvalue weighted by Gasteiger charge is 2.29. The zero-order chi connectivity index (χ0) is 17.7. The predicted octanol–water partition coefficient (Wildman–Crippen LogP) is 5.24. The van der Waals surface area contributed by atoms with Gasteiger partial charge in [0.15, 0.2) is 0 Å². The summed E-state index contributed by atoms with van der Waals surface area (Å²) in [5.74, 6) is -1.25. The maximum atomic E-state index is 12.0. The average molecular weight is 341 g/mol. The Hall–Kier alpha value is -2.19. The molecule has 1 atom stereocenters. The van der Waals surface area contributed by atoms with Gasteiger partial charge in [0.05, 0.1) is 5.92 Å². The number of benzene rings is 2. The van der Waals surface area contributed by atoms with Crippen molar-refractivity contribution in [2.45, 2.75) is 26.7 Å². The fourth-order valence-corrected chi connectivity index (χ4v) is 2.91. The van der Waals surface area contributed by atoms with Crippen LogP contribution < -0.4 is 0 Å². The molecule has 0 saturated carbocycles. The maximum absolute atomic E-state index is 12.0. The van der Waals surface area contributed by atoms with Gasteiger partial charge in [0, 0.05) is 10.9 Å². The Balaban J connectivity index is 2.41. The van der Waals surface area contributed by atoms with Gasteiger partial charge in [-0.2, -0.15) is 0 Å². The van der Waals surface area contributed by atoms with E-state index in [4.69, 9.17) is 11.6 Å². The standard InChI is InChI=1S/C21H21ClO2/c1-14-4-6-17(7-5-14)8-13-20(21(15(2)23)16(3)24)18-9-11-19(22)12-10-18/h4-13,20-21H,1-3H3/b13-8+. The monoisotopic (exact) mass is 340 g/mol.